The van der Waals surface area contributed by atoms with E-state index in [0.717, 1.165) is 0 Å². The zero-order valence-electron chi connectivity index (χ0n) is 10.2. The van der Waals surface area contributed by atoms with Crippen LogP contribution in [0.4, 0.5) is 0 Å². The Kier molecular flexibility index (Phi) is 5.31. The van der Waals surface area contributed by atoms with Gasteiger partial charge < -0.3 is 10.1 Å². The van der Waals surface area contributed by atoms with Crippen molar-refractivity contribution in [2.75, 3.05) is 19.6 Å². The summed E-state index contributed by atoms with van der Waals surface area (Å²) in [6.07, 6.45) is 0. The number of alkyl halides is 1. The fourth-order valence-electron chi connectivity index (χ4n) is 1.37. The number of aromatic nitrogens is 2. The summed E-state index contributed by atoms with van der Waals surface area (Å²) >= 11 is 5.73. The molecule has 0 bridgehead atoms. The summed E-state index contributed by atoms with van der Waals surface area (Å²) in [6.45, 7) is 3.91. The molecule has 1 aromatic rings. The van der Waals surface area contributed by atoms with Gasteiger partial charge in [0.2, 0.25) is 0 Å². The Labute approximate surface area is 106 Å². The highest BCUT2D eigenvalue weighted by Crippen LogP contribution is 2.05. The zero-order valence-corrected chi connectivity index (χ0v) is 10.9. The van der Waals surface area contributed by atoms with Gasteiger partial charge in [0.15, 0.2) is 0 Å². The molecule has 1 heterocycles. The fourth-order valence-corrected chi connectivity index (χ4v) is 1.54. The molecule has 0 aliphatic rings. The lowest BCUT2D eigenvalue weighted by Crippen LogP contribution is -2.39. The molecule has 6 heteroatoms. The molecule has 1 aromatic heterocycles. The number of halogens is 1. The number of aryl methyl sites for hydroxylation is 2. The third-order valence-electron chi connectivity index (χ3n) is 2.23. The normalized spacial score (nSPS) is 12.2. The van der Waals surface area contributed by atoms with Crippen LogP contribution in [0.3, 0.4) is 0 Å². The number of methoxy groups -OCH3 is 1. The van der Waals surface area contributed by atoms with Crippen LogP contribution in [0.15, 0.2) is 6.07 Å². The summed E-state index contributed by atoms with van der Waals surface area (Å²) in [4.78, 5) is 12.0. The van der Waals surface area contributed by atoms with Crippen LogP contribution in [0.2, 0.25) is 0 Å². The van der Waals surface area contributed by atoms with E-state index in [1.165, 1.54) is 0 Å². The van der Waals surface area contributed by atoms with Crippen molar-refractivity contribution >= 4 is 17.5 Å². The van der Waals surface area contributed by atoms with Gasteiger partial charge in [0.05, 0.1) is 29.6 Å². The lowest BCUT2D eigenvalue weighted by Gasteiger charge is -2.15. The second-order valence-electron chi connectivity index (χ2n) is 3.76. The number of hydrogen-bond donors (Lipinski definition) is 1. The number of carbonyl (C=O) groups is 1. The number of nitrogens with zero attached hydrogens (tertiary/aromatic N) is 2. The molecule has 0 aliphatic carbocycles. The number of rotatable bonds is 5. The molecule has 0 saturated heterocycles. The third kappa shape index (κ3) is 3.94. The quantitative estimate of drug-likeness (QED) is 0.802. The monoisotopic (exact) mass is 257 g/mol. The van der Waals surface area contributed by atoms with Crippen molar-refractivity contribution in [1.29, 1.82) is 0 Å². The van der Waals surface area contributed by atoms with Crippen LogP contribution in [0.5, 0.6) is 0 Å². The Morgan fingerprint density at radius 3 is 2.82 bits per heavy atom. The SMILES string of the molecule is COCC(CCl)NC(=O)c1cc(C)nnc1C. The highest BCUT2D eigenvalue weighted by molar-refractivity contribution is 6.18. The molecule has 0 aromatic carbocycles. The van der Waals surface area contributed by atoms with Gasteiger partial charge >= 0.3 is 0 Å². The molecule has 0 saturated carbocycles. The molecule has 0 aliphatic heterocycles. The van der Waals surface area contributed by atoms with E-state index in [1.54, 1.807) is 27.0 Å². The molecule has 0 fully saturated rings. The molecule has 1 unspecified atom stereocenters. The third-order valence-corrected chi connectivity index (χ3v) is 2.61. The lowest BCUT2D eigenvalue weighted by atomic mass is 10.2. The molecule has 0 spiro atoms. The molecule has 1 N–H and O–H groups in total. The van der Waals surface area contributed by atoms with Crippen LogP contribution >= 0.6 is 11.6 Å². The minimum atomic E-state index is -0.206. The van der Waals surface area contributed by atoms with Gasteiger partial charge in [-0.05, 0) is 19.9 Å². The zero-order chi connectivity index (χ0) is 12.8. The minimum absolute atomic E-state index is 0.205. The number of hydrogen-bond acceptors (Lipinski definition) is 4. The van der Waals surface area contributed by atoms with E-state index < -0.39 is 0 Å². The Balaban J connectivity index is 2.78. The van der Waals surface area contributed by atoms with Gasteiger partial charge in [-0.3, -0.25) is 4.79 Å². The van der Waals surface area contributed by atoms with E-state index in [-0.39, 0.29) is 11.9 Å². The Bertz CT molecular complexity index is 398. The van der Waals surface area contributed by atoms with Crippen molar-refractivity contribution in [1.82, 2.24) is 15.5 Å². The number of carbonyl (C=O) groups excluding carboxylic acids is 1. The Hall–Kier alpha value is -1.20. The highest BCUT2D eigenvalue weighted by atomic mass is 35.5. The van der Waals surface area contributed by atoms with Crippen molar-refractivity contribution in [3.05, 3.63) is 23.0 Å². The first-order valence-electron chi connectivity index (χ1n) is 5.25. The summed E-state index contributed by atoms with van der Waals surface area (Å²) in [7, 11) is 1.56. The van der Waals surface area contributed by atoms with Gasteiger partial charge in [-0.25, -0.2) is 0 Å². The average Bonchev–Trinajstić information content (AvgIpc) is 2.31. The smallest absolute Gasteiger partial charge is 0.253 e. The largest absolute Gasteiger partial charge is 0.383 e. The Morgan fingerprint density at radius 2 is 2.24 bits per heavy atom. The first-order chi connectivity index (χ1) is 8.08. The molecule has 0 radical (unpaired) electrons. The molecule has 1 rings (SSSR count). The van der Waals surface area contributed by atoms with Gasteiger partial charge in [0, 0.05) is 13.0 Å². The van der Waals surface area contributed by atoms with Gasteiger partial charge in [0.1, 0.15) is 0 Å². The Morgan fingerprint density at radius 1 is 1.53 bits per heavy atom. The van der Waals surface area contributed by atoms with Crippen LogP contribution < -0.4 is 5.32 Å². The topological polar surface area (TPSA) is 64.1 Å². The maximum atomic E-state index is 12.0. The maximum absolute atomic E-state index is 12.0. The van der Waals surface area contributed by atoms with Gasteiger partial charge in [-0.15, -0.1) is 11.6 Å². The molecule has 94 valence electrons. The van der Waals surface area contributed by atoms with Gasteiger partial charge in [-0.1, -0.05) is 0 Å². The summed E-state index contributed by atoms with van der Waals surface area (Å²) in [5.41, 5.74) is 1.82. The predicted octanol–water partition coefficient (Wildman–Crippen LogP) is 1.08. The van der Waals surface area contributed by atoms with Crippen molar-refractivity contribution in [3.8, 4) is 0 Å². The van der Waals surface area contributed by atoms with Crippen molar-refractivity contribution < 1.29 is 9.53 Å². The van der Waals surface area contributed by atoms with Crippen molar-refractivity contribution in [2.24, 2.45) is 0 Å². The molecular formula is C11H16ClN3O2. The number of amides is 1. The first-order valence-corrected chi connectivity index (χ1v) is 5.78. The van der Waals surface area contributed by atoms with E-state index in [1.807, 2.05) is 0 Å². The summed E-state index contributed by atoms with van der Waals surface area (Å²) in [6, 6.07) is 1.50. The van der Waals surface area contributed by atoms with E-state index in [4.69, 9.17) is 16.3 Å². The second-order valence-corrected chi connectivity index (χ2v) is 4.07. The summed E-state index contributed by atoms with van der Waals surface area (Å²) in [5.74, 6) is 0.0963. The predicted molar refractivity (Wildman–Crippen MR) is 65.4 cm³/mol. The minimum Gasteiger partial charge on any atom is -0.383 e. The summed E-state index contributed by atoms with van der Waals surface area (Å²) in [5, 5.41) is 10.6. The number of ether oxygens (including phenoxy) is 1. The van der Waals surface area contributed by atoms with Crippen molar-refractivity contribution in [3.63, 3.8) is 0 Å². The van der Waals surface area contributed by atoms with Crippen LogP contribution in [-0.4, -0.2) is 41.7 Å². The van der Waals surface area contributed by atoms with Crippen LogP contribution in [-0.2, 0) is 4.74 Å². The maximum Gasteiger partial charge on any atom is 0.253 e. The van der Waals surface area contributed by atoms with Crippen LogP contribution in [0.25, 0.3) is 0 Å². The number of nitrogens with one attached hydrogen (secondary N) is 1. The standard InChI is InChI=1S/C11H16ClN3O2/c1-7-4-10(8(2)15-14-7)11(16)13-9(5-12)6-17-3/h4,9H,5-6H2,1-3H3,(H,13,16). The molecule has 1 amide bonds. The van der Waals surface area contributed by atoms with E-state index >= 15 is 0 Å². The van der Waals surface area contributed by atoms with E-state index in [0.29, 0.717) is 29.4 Å². The molecule has 1 atom stereocenters. The van der Waals surface area contributed by atoms with E-state index in [2.05, 4.69) is 15.5 Å². The van der Waals surface area contributed by atoms with E-state index in [9.17, 15) is 4.79 Å². The first kappa shape index (κ1) is 13.9. The van der Waals surface area contributed by atoms with Crippen molar-refractivity contribution in [2.45, 2.75) is 19.9 Å². The average molecular weight is 258 g/mol. The second kappa shape index (κ2) is 6.51. The summed E-state index contributed by atoms with van der Waals surface area (Å²) < 4.78 is 4.96. The fraction of sp³-hybridized carbons (Fsp3) is 0.545. The van der Waals surface area contributed by atoms with Gasteiger partial charge in [-0.2, -0.15) is 10.2 Å². The molecule has 5 nitrogen and oxygen atoms in total. The van der Waals surface area contributed by atoms with Crippen LogP contribution in [0, 0.1) is 13.8 Å². The lowest BCUT2D eigenvalue weighted by molar-refractivity contribution is 0.0905. The highest BCUT2D eigenvalue weighted by Gasteiger charge is 2.15. The van der Waals surface area contributed by atoms with Crippen LogP contribution in [0.1, 0.15) is 21.7 Å². The molecule has 17 heavy (non-hydrogen) atoms. The molecular weight excluding hydrogens is 242 g/mol. The van der Waals surface area contributed by atoms with Gasteiger partial charge in [0.25, 0.3) is 5.91 Å².